The van der Waals surface area contributed by atoms with Crippen molar-refractivity contribution in [3.8, 4) is 0 Å². The Balaban J connectivity index is 1.45. The van der Waals surface area contributed by atoms with Crippen LogP contribution >= 0.6 is 0 Å². The molecule has 3 rings (SSSR count). The second-order valence-electron chi connectivity index (χ2n) is 6.89. The van der Waals surface area contributed by atoms with Gasteiger partial charge in [-0.3, -0.25) is 9.59 Å². The van der Waals surface area contributed by atoms with Gasteiger partial charge in [-0.05, 0) is 39.0 Å². The lowest BCUT2D eigenvalue weighted by Gasteiger charge is -2.20. The monoisotopic (exact) mass is 347 g/mol. The first-order valence-corrected chi connectivity index (χ1v) is 8.91. The van der Waals surface area contributed by atoms with Crippen molar-refractivity contribution in [1.29, 1.82) is 0 Å². The predicted molar refractivity (Wildman–Crippen MR) is 91.9 cm³/mol. The molecule has 1 aliphatic carbocycles. The van der Waals surface area contributed by atoms with Gasteiger partial charge in [-0.25, -0.2) is 9.78 Å². The molecule has 2 aliphatic rings. The molecule has 1 saturated heterocycles. The van der Waals surface area contributed by atoms with Crippen LogP contribution in [0.4, 0.5) is 4.79 Å². The van der Waals surface area contributed by atoms with E-state index < -0.39 is 0 Å². The van der Waals surface area contributed by atoms with Gasteiger partial charge in [0.25, 0.3) is 5.56 Å². The predicted octanol–water partition coefficient (Wildman–Crippen LogP) is 0.669. The van der Waals surface area contributed by atoms with Crippen molar-refractivity contribution in [3.05, 3.63) is 27.9 Å². The van der Waals surface area contributed by atoms with Crippen LogP contribution in [0.15, 0.2) is 10.9 Å². The average Bonchev–Trinajstić information content (AvgIpc) is 3.23. The smallest absolute Gasteiger partial charge is 0.317 e. The number of hydrogen-bond donors (Lipinski definition) is 3. The molecular formula is C17H25N5O3. The number of aryl methyl sites for hydroxylation is 1. The Morgan fingerprint density at radius 3 is 2.80 bits per heavy atom. The van der Waals surface area contributed by atoms with Gasteiger partial charge in [-0.15, -0.1) is 0 Å². The summed E-state index contributed by atoms with van der Waals surface area (Å²) >= 11 is 0. The Morgan fingerprint density at radius 1 is 1.32 bits per heavy atom. The number of rotatable bonds is 4. The molecule has 0 aromatic carbocycles. The van der Waals surface area contributed by atoms with Gasteiger partial charge in [0.15, 0.2) is 0 Å². The van der Waals surface area contributed by atoms with Crippen LogP contribution in [0.5, 0.6) is 0 Å². The van der Waals surface area contributed by atoms with E-state index in [1.54, 1.807) is 6.92 Å². The highest BCUT2D eigenvalue weighted by molar-refractivity contribution is 5.79. The summed E-state index contributed by atoms with van der Waals surface area (Å²) < 4.78 is 0. The highest BCUT2D eigenvalue weighted by atomic mass is 16.2. The number of carbonyl (C=O) groups is 2. The van der Waals surface area contributed by atoms with Crippen molar-refractivity contribution in [2.45, 2.75) is 51.6 Å². The molecule has 1 aromatic heterocycles. The summed E-state index contributed by atoms with van der Waals surface area (Å²) in [4.78, 5) is 44.5. The lowest BCUT2D eigenvalue weighted by atomic mass is 10.1. The van der Waals surface area contributed by atoms with Gasteiger partial charge in [0, 0.05) is 31.1 Å². The number of likely N-dealkylation sites (tertiary alicyclic amines) is 1. The lowest BCUT2D eigenvalue weighted by Crippen LogP contribution is -2.43. The SMILES string of the molecule is Cc1nc(CNC(=O)[C@H]2CC[C@@H](NC(=O)N3CCCC3)C2)cc(=O)[nH]1. The van der Waals surface area contributed by atoms with Gasteiger partial charge in [0.05, 0.1) is 12.2 Å². The summed E-state index contributed by atoms with van der Waals surface area (Å²) in [6.07, 6.45) is 4.38. The second-order valence-corrected chi connectivity index (χ2v) is 6.89. The number of carbonyl (C=O) groups excluding carboxylic acids is 2. The number of aromatic nitrogens is 2. The largest absolute Gasteiger partial charge is 0.350 e. The number of H-pyrrole nitrogens is 1. The average molecular weight is 347 g/mol. The summed E-state index contributed by atoms with van der Waals surface area (Å²) in [6, 6.07) is 1.44. The zero-order valence-corrected chi connectivity index (χ0v) is 14.5. The van der Waals surface area contributed by atoms with Crippen molar-refractivity contribution in [1.82, 2.24) is 25.5 Å². The molecule has 136 valence electrons. The Kier molecular flexibility index (Phi) is 5.35. The normalized spacial score (nSPS) is 22.8. The molecule has 0 radical (unpaired) electrons. The number of aromatic amines is 1. The van der Waals surface area contributed by atoms with E-state index in [0.717, 1.165) is 38.8 Å². The molecule has 2 heterocycles. The van der Waals surface area contributed by atoms with Crippen molar-refractivity contribution in [2.75, 3.05) is 13.1 Å². The highest BCUT2D eigenvalue weighted by Gasteiger charge is 2.31. The van der Waals surface area contributed by atoms with Crippen LogP contribution in [0, 0.1) is 12.8 Å². The summed E-state index contributed by atoms with van der Waals surface area (Å²) in [6.45, 7) is 3.60. The number of hydrogen-bond acceptors (Lipinski definition) is 4. The van der Waals surface area contributed by atoms with Gasteiger partial charge in [-0.1, -0.05) is 0 Å². The number of urea groups is 1. The molecule has 25 heavy (non-hydrogen) atoms. The molecule has 1 saturated carbocycles. The summed E-state index contributed by atoms with van der Waals surface area (Å²) in [5, 5.41) is 5.89. The quantitative estimate of drug-likeness (QED) is 0.744. The van der Waals surface area contributed by atoms with Crippen LogP contribution in [-0.4, -0.2) is 45.9 Å². The molecular weight excluding hydrogens is 322 g/mol. The molecule has 1 aliphatic heterocycles. The van der Waals surface area contributed by atoms with E-state index in [-0.39, 0.29) is 36.0 Å². The van der Waals surface area contributed by atoms with E-state index in [1.807, 2.05) is 4.90 Å². The first-order valence-electron chi connectivity index (χ1n) is 8.91. The van der Waals surface area contributed by atoms with Gasteiger partial charge in [0.2, 0.25) is 5.91 Å². The van der Waals surface area contributed by atoms with E-state index in [4.69, 9.17) is 0 Å². The molecule has 2 atom stereocenters. The molecule has 0 spiro atoms. The lowest BCUT2D eigenvalue weighted by molar-refractivity contribution is -0.125. The molecule has 2 fully saturated rings. The molecule has 0 unspecified atom stereocenters. The topological polar surface area (TPSA) is 107 Å². The molecule has 8 heteroatoms. The van der Waals surface area contributed by atoms with Gasteiger partial charge < -0.3 is 20.5 Å². The summed E-state index contributed by atoms with van der Waals surface area (Å²) in [5.41, 5.74) is 0.328. The van der Waals surface area contributed by atoms with Crippen LogP contribution in [0.25, 0.3) is 0 Å². The van der Waals surface area contributed by atoms with Gasteiger partial charge in [-0.2, -0.15) is 0 Å². The third-order valence-corrected chi connectivity index (χ3v) is 4.88. The Hall–Kier alpha value is -2.38. The van der Waals surface area contributed by atoms with E-state index >= 15 is 0 Å². The highest BCUT2D eigenvalue weighted by Crippen LogP contribution is 2.26. The molecule has 0 bridgehead atoms. The summed E-state index contributed by atoms with van der Waals surface area (Å²) in [7, 11) is 0. The van der Waals surface area contributed by atoms with E-state index in [2.05, 4.69) is 20.6 Å². The minimum atomic E-state index is -0.220. The fourth-order valence-electron chi connectivity index (χ4n) is 3.59. The molecule has 8 nitrogen and oxygen atoms in total. The minimum Gasteiger partial charge on any atom is -0.350 e. The maximum Gasteiger partial charge on any atom is 0.317 e. The zero-order valence-electron chi connectivity index (χ0n) is 14.5. The maximum absolute atomic E-state index is 12.3. The van der Waals surface area contributed by atoms with Crippen LogP contribution in [0.1, 0.15) is 43.6 Å². The number of nitrogens with zero attached hydrogens (tertiary/aromatic N) is 2. The van der Waals surface area contributed by atoms with Crippen LogP contribution < -0.4 is 16.2 Å². The maximum atomic E-state index is 12.3. The van der Waals surface area contributed by atoms with E-state index in [9.17, 15) is 14.4 Å². The summed E-state index contributed by atoms with van der Waals surface area (Å²) in [5.74, 6) is 0.381. The van der Waals surface area contributed by atoms with Crippen molar-refractivity contribution in [2.24, 2.45) is 5.92 Å². The van der Waals surface area contributed by atoms with Crippen molar-refractivity contribution >= 4 is 11.9 Å². The Labute approximate surface area is 146 Å². The van der Waals surface area contributed by atoms with Crippen LogP contribution in [0.3, 0.4) is 0 Å². The van der Waals surface area contributed by atoms with Crippen LogP contribution in [-0.2, 0) is 11.3 Å². The first kappa shape index (κ1) is 17.4. The number of nitrogens with one attached hydrogen (secondary N) is 3. The fraction of sp³-hybridized carbons (Fsp3) is 0.647. The van der Waals surface area contributed by atoms with E-state index in [1.165, 1.54) is 6.07 Å². The number of amides is 3. The second kappa shape index (κ2) is 7.67. The Morgan fingerprint density at radius 2 is 2.08 bits per heavy atom. The third-order valence-electron chi connectivity index (χ3n) is 4.88. The molecule has 3 amide bonds. The first-order chi connectivity index (χ1) is 12.0. The van der Waals surface area contributed by atoms with Gasteiger partial charge >= 0.3 is 6.03 Å². The Bertz CT molecular complexity index is 696. The molecule has 3 N–H and O–H groups in total. The zero-order chi connectivity index (χ0) is 17.8. The molecule has 1 aromatic rings. The van der Waals surface area contributed by atoms with Gasteiger partial charge in [0.1, 0.15) is 5.82 Å². The van der Waals surface area contributed by atoms with Crippen molar-refractivity contribution in [3.63, 3.8) is 0 Å². The van der Waals surface area contributed by atoms with E-state index in [0.29, 0.717) is 17.9 Å². The third kappa shape index (κ3) is 4.58. The fourth-order valence-corrected chi connectivity index (χ4v) is 3.59. The minimum absolute atomic E-state index is 0.00764. The van der Waals surface area contributed by atoms with Crippen LogP contribution in [0.2, 0.25) is 0 Å². The standard InChI is InChI=1S/C17H25N5O3/c1-11-19-14(9-15(23)20-11)10-18-16(24)12-4-5-13(8-12)21-17(25)22-6-2-3-7-22/h9,12-13H,2-8,10H2,1H3,(H,18,24)(H,21,25)(H,19,20,23)/t12-,13+/m0/s1. The van der Waals surface area contributed by atoms with Crippen molar-refractivity contribution < 1.29 is 9.59 Å².